The molecule has 1 aromatic heterocycles. The van der Waals surface area contributed by atoms with E-state index in [9.17, 15) is 14.7 Å². The van der Waals surface area contributed by atoms with E-state index in [1.165, 1.54) is 6.07 Å². The standard InChI is InChI=1S/C34H39ClN4O5/c1-22-18-25(33(40)41)6-8-31(22)44-32-9-7-26(23(2)36-32)20-37-14-10-29(11-15-37)39-30(24-4-3-5-27(35)19-24)21-38(34(39)42)28-12-16-43-17-13-28/h3-9,18-19,28-30H,10-17,20-21H2,1-2H3,(H,40,41). The first-order chi connectivity index (χ1) is 21.3. The van der Waals surface area contributed by atoms with Crippen molar-refractivity contribution in [2.75, 3.05) is 32.8 Å². The summed E-state index contributed by atoms with van der Waals surface area (Å²) < 4.78 is 11.6. The number of halogens is 1. The van der Waals surface area contributed by atoms with Crippen LogP contribution in [0.3, 0.4) is 0 Å². The molecular weight excluding hydrogens is 580 g/mol. The van der Waals surface area contributed by atoms with Gasteiger partial charge in [0.1, 0.15) is 5.75 Å². The van der Waals surface area contributed by atoms with Crippen LogP contribution < -0.4 is 4.74 Å². The average Bonchev–Trinajstić information content (AvgIpc) is 3.37. The predicted molar refractivity (Wildman–Crippen MR) is 167 cm³/mol. The number of carbonyl (C=O) groups is 2. The van der Waals surface area contributed by atoms with E-state index >= 15 is 0 Å². The van der Waals surface area contributed by atoms with Gasteiger partial charge in [0.2, 0.25) is 5.88 Å². The molecule has 1 N–H and O–H groups in total. The maximum atomic E-state index is 13.9. The van der Waals surface area contributed by atoms with Crippen LogP contribution >= 0.6 is 11.6 Å². The second-order valence-electron chi connectivity index (χ2n) is 12.0. The Labute approximate surface area is 263 Å². The van der Waals surface area contributed by atoms with Crippen molar-refractivity contribution in [3.8, 4) is 11.6 Å². The van der Waals surface area contributed by atoms with Crippen molar-refractivity contribution in [2.45, 2.75) is 64.2 Å². The number of benzene rings is 2. The summed E-state index contributed by atoms with van der Waals surface area (Å²) in [5.74, 6) is 0.0939. The number of rotatable bonds is 8. The SMILES string of the molecule is Cc1cc(C(=O)O)ccc1Oc1ccc(CN2CCC(N3C(=O)N(C4CCOCC4)CC3c3cccc(Cl)c3)CC2)c(C)n1. The Balaban J connectivity index is 1.10. The van der Waals surface area contributed by atoms with Gasteiger partial charge in [0, 0.05) is 68.3 Å². The minimum Gasteiger partial charge on any atom is -0.478 e. The topological polar surface area (TPSA) is 95.4 Å². The Morgan fingerprint density at radius 1 is 1.02 bits per heavy atom. The molecule has 44 heavy (non-hydrogen) atoms. The number of carbonyl (C=O) groups excluding carboxylic acids is 1. The van der Waals surface area contributed by atoms with Gasteiger partial charge < -0.3 is 24.4 Å². The molecule has 3 aliphatic rings. The van der Waals surface area contributed by atoms with Gasteiger partial charge in [0.05, 0.1) is 11.6 Å². The van der Waals surface area contributed by atoms with E-state index < -0.39 is 5.97 Å². The van der Waals surface area contributed by atoms with E-state index in [2.05, 4.69) is 31.8 Å². The molecule has 3 fully saturated rings. The summed E-state index contributed by atoms with van der Waals surface area (Å²) >= 11 is 6.39. The summed E-state index contributed by atoms with van der Waals surface area (Å²) in [6.07, 6.45) is 3.58. The second kappa shape index (κ2) is 13.1. The summed E-state index contributed by atoms with van der Waals surface area (Å²) in [6.45, 7) is 8.46. The van der Waals surface area contributed by atoms with Crippen LogP contribution in [0.15, 0.2) is 54.6 Å². The summed E-state index contributed by atoms with van der Waals surface area (Å²) in [4.78, 5) is 36.5. The Hall–Kier alpha value is -3.66. The number of likely N-dealkylation sites (tertiary alicyclic amines) is 1. The smallest absolute Gasteiger partial charge is 0.335 e. The van der Waals surface area contributed by atoms with Gasteiger partial charge in [-0.2, -0.15) is 0 Å². The first-order valence-electron chi connectivity index (χ1n) is 15.4. The molecule has 0 saturated carbocycles. The van der Waals surface area contributed by atoms with Crippen molar-refractivity contribution in [3.05, 3.63) is 87.6 Å². The normalized spacial score (nSPS) is 20.3. The minimum absolute atomic E-state index is 0.0106. The van der Waals surface area contributed by atoms with Gasteiger partial charge in [-0.1, -0.05) is 29.8 Å². The van der Waals surface area contributed by atoms with Crippen LogP contribution in [0.5, 0.6) is 11.6 Å². The number of nitrogens with zero attached hydrogens (tertiary/aromatic N) is 4. The fourth-order valence-corrected chi connectivity index (χ4v) is 6.92. The number of aromatic carboxylic acids is 1. The number of piperidine rings is 1. The van der Waals surface area contributed by atoms with Crippen LogP contribution in [0, 0.1) is 13.8 Å². The predicted octanol–water partition coefficient (Wildman–Crippen LogP) is 6.46. The number of aryl methyl sites for hydroxylation is 2. The number of hydrogen-bond donors (Lipinski definition) is 1. The van der Waals surface area contributed by atoms with Crippen LogP contribution in [0.25, 0.3) is 0 Å². The van der Waals surface area contributed by atoms with Gasteiger partial charge in [-0.25, -0.2) is 14.6 Å². The largest absolute Gasteiger partial charge is 0.478 e. The molecule has 232 valence electrons. The van der Waals surface area contributed by atoms with E-state index in [0.717, 1.165) is 67.7 Å². The summed E-state index contributed by atoms with van der Waals surface area (Å²) in [5, 5.41) is 9.91. The van der Waals surface area contributed by atoms with E-state index in [0.29, 0.717) is 36.4 Å². The maximum Gasteiger partial charge on any atom is 0.335 e. The van der Waals surface area contributed by atoms with Crippen LogP contribution in [0.4, 0.5) is 4.79 Å². The van der Waals surface area contributed by atoms with Crippen molar-refractivity contribution in [2.24, 2.45) is 0 Å². The lowest BCUT2D eigenvalue weighted by Crippen LogP contribution is -2.48. The first-order valence-corrected chi connectivity index (χ1v) is 15.8. The highest BCUT2D eigenvalue weighted by Gasteiger charge is 2.45. The number of carboxylic acids is 1. The van der Waals surface area contributed by atoms with E-state index in [1.807, 2.05) is 38.1 Å². The Bertz CT molecular complexity index is 1520. The molecule has 1 unspecified atom stereocenters. The molecule has 3 aliphatic heterocycles. The lowest BCUT2D eigenvalue weighted by molar-refractivity contribution is 0.0493. The quantitative estimate of drug-likeness (QED) is 0.309. The molecular formula is C34H39ClN4O5. The number of ether oxygens (including phenoxy) is 2. The van der Waals surface area contributed by atoms with Crippen molar-refractivity contribution in [1.82, 2.24) is 19.7 Å². The van der Waals surface area contributed by atoms with Crippen LogP contribution in [0.2, 0.25) is 5.02 Å². The molecule has 0 bridgehead atoms. The number of hydrogen-bond acceptors (Lipinski definition) is 6. The van der Waals surface area contributed by atoms with Gasteiger partial charge >= 0.3 is 12.0 Å². The van der Waals surface area contributed by atoms with E-state index in [4.69, 9.17) is 21.1 Å². The second-order valence-corrected chi connectivity index (χ2v) is 12.5. The van der Waals surface area contributed by atoms with Crippen molar-refractivity contribution in [1.29, 1.82) is 0 Å². The number of carboxylic acid groups (broad SMARTS) is 1. The average molecular weight is 619 g/mol. The molecule has 3 aromatic rings. The highest BCUT2D eigenvalue weighted by molar-refractivity contribution is 6.30. The molecule has 1 atom stereocenters. The highest BCUT2D eigenvalue weighted by atomic mass is 35.5. The molecule has 2 amide bonds. The Kier molecular flexibility index (Phi) is 9.07. The molecule has 2 aromatic carbocycles. The van der Waals surface area contributed by atoms with Gasteiger partial charge in [0.15, 0.2) is 0 Å². The molecule has 0 spiro atoms. The van der Waals surface area contributed by atoms with Gasteiger partial charge in [-0.15, -0.1) is 0 Å². The monoisotopic (exact) mass is 618 g/mol. The third-order valence-corrected chi connectivity index (χ3v) is 9.42. The summed E-state index contributed by atoms with van der Waals surface area (Å²) in [6, 6.07) is 17.2. The Morgan fingerprint density at radius 3 is 2.48 bits per heavy atom. The summed E-state index contributed by atoms with van der Waals surface area (Å²) in [7, 11) is 0. The number of amides is 2. The Morgan fingerprint density at radius 2 is 1.80 bits per heavy atom. The third-order valence-electron chi connectivity index (χ3n) is 9.19. The molecule has 10 heteroatoms. The number of pyridine rings is 1. The minimum atomic E-state index is -0.966. The van der Waals surface area contributed by atoms with Gasteiger partial charge in [0.25, 0.3) is 0 Å². The lowest BCUT2D eigenvalue weighted by atomic mass is 9.98. The van der Waals surface area contributed by atoms with Crippen LogP contribution in [-0.2, 0) is 11.3 Å². The molecule has 3 saturated heterocycles. The van der Waals surface area contributed by atoms with Crippen molar-refractivity contribution >= 4 is 23.6 Å². The van der Waals surface area contributed by atoms with E-state index in [-0.39, 0.29) is 29.7 Å². The molecule has 0 radical (unpaired) electrons. The van der Waals surface area contributed by atoms with E-state index in [1.54, 1.807) is 12.1 Å². The van der Waals surface area contributed by atoms with Crippen molar-refractivity contribution < 1.29 is 24.2 Å². The maximum absolute atomic E-state index is 13.9. The zero-order valence-corrected chi connectivity index (χ0v) is 26.0. The fourth-order valence-electron chi connectivity index (χ4n) is 6.72. The molecule has 4 heterocycles. The van der Waals surface area contributed by atoms with Gasteiger partial charge in [-0.3, -0.25) is 4.90 Å². The van der Waals surface area contributed by atoms with Crippen molar-refractivity contribution in [3.63, 3.8) is 0 Å². The van der Waals surface area contributed by atoms with Crippen LogP contribution in [0.1, 0.15) is 64.5 Å². The highest BCUT2D eigenvalue weighted by Crippen LogP contribution is 2.38. The number of urea groups is 1. The molecule has 6 rings (SSSR count). The lowest BCUT2D eigenvalue weighted by Gasteiger charge is -2.39. The third kappa shape index (κ3) is 6.55. The zero-order valence-electron chi connectivity index (χ0n) is 25.2. The fraction of sp³-hybridized carbons (Fsp3) is 0.441. The van der Waals surface area contributed by atoms with Gasteiger partial charge in [-0.05, 0) is 86.6 Å². The van der Waals surface area contributed by atoms with Crippen LogP contribution in [-0.4, -0.2) is 81.7 Å². The summed E-state index contributed by atoms with van der Waals surface area (Å²) in [5.41, 5.74) is 4.09. The molecule has 9 nitrogen and oxygen atoms in total. The number of aromatic nitrogens is 1. The zero-order chi connectivity index (χ0) is 30.8. The first kappa shape index (κ1) is 30.4. The molecule has 0 aliphatic carbocycles.